The lowest BCUT2D eigenvalue weighted by atomic mass is 9.91. The molecule has 0 heterocycles. The van der Waals surface area contributed by atoms with Crippen molar-refractivity contribution in [3.05, 3.63) is 59.4 Å². The summed E-state index contributed by atoms with van der Waals surface area (Å²) in [5, 5.41) is 0. The highest BCUT2D eigenvalue weighted by molar-refractivity contribution is 5.43. The van der Waals surface area contributed by atoms with E-state index in [4.69, 9.17) is 15.2 Å². The largest absolute Gasteiger partial charge is 0.490 e. The molecule has 2 N–H and O–H groups in total. The minimum Gasteiger partial charge on any atom is -0.490 e. The van der Waals surface area contributed by atoms with Crippen LogP contribution in [0.1, 0.15) is 43.7 Å². The number of ether oxygens (including phenoxy) is 2. The molecule has 2 rings (SSSR count). The summed E-state index contributed by atoms with van der Waals surface area (Å²) < 4.78 is 25.6. The van der Waals surface area contributed by atoms with Crippen LogP contribution in [0.15, 0.2) is 42.5 Å². The Balaban J connectivity index is 2.17. The fourth-order valence-electron chi connectivity index (χ4n) is 2.80. The van der Waals surface area contributed by atoms with E-state index < -0.39 is 0 Å². The predicted octanol–water partition coefficient (Wildman–Crippen LogP) is 4.69. The molecule has 0 spiro atoms. The Morgan fingerprint density at radius 3 is 2.52 bits per heavy atom. The van der Waals surface area contributed by atoms with Crippen LogP contribution in [-0.4, -0.2) is 19.8 Å². The van der Waals surface area contributed by atoms with Crippen molar-refractivity contribution in [2.24, 2.45) is 5.73 Å². The molecule has 2 aromatic carbocycles. The summed E-state index contributed by atoms with van der Waals surface area (Å²) in [6.45, 7) is 5.72. The van der Waals surface area contributed by atoms with Gasteiger partial charge in [-0.25, -0.2) is 4.39 Å². The molecular formula is C21H28FNO2. The van der Waals surface area contributed by atoms with Crippen molar-refractivity contribution in [1.82, 2.24) is 0 Å². The molecule has 3 nitrogen and oxygen atoms in total. The molecule has 0 fully saturated rings. The molecule has 2 aromatic rings. The van der Waals surface area contributed by atoms with Gasteiger partial charge in [0.2, 0.25) is 0 Å². The molecule has 136 valence electrons. The van der Waals surface area contributed by atoms with E-state index in [1.54, 1.807) is 12.1 Å². The van der Waals surface area contributed by atoms with Crippen LogP contribution < -0.4 is 15.2 Å². The molecule has 25 heavy (non-hydrogen) atoms. The Morgan fingerprint density at radius 2 is 1.84 bits per heavy atom. The first-order chi connectivity index (χ1) is 12.2. The average Bonchev–Trinajstić information content (AvgIpc) is 2.62. The molecule has 1 unspecified atom stereocenters. The lowest BCUT2D eigenvalue weighted by molar-refractivity contribution is 0.272. The van der Waals surface area contributed by atoms with E-state index in [0.717, 1.165) is 29.9 Å². The quantitative estimate of drug-likeness (QED) is 0.636. The Kier molecular flexibility index (Phi) is 7.74. The molecule has 0 bridgehead atoms. The van der Waals surface area contributed by atoms with Gasteiger partial charge in [-0.3, -0.25) is 0 Å². The van der Waals surface area contributed by atoms with Gasteiger partial charge >= 0.3 is 0 Å². The van der Waals surface area contributed by atoms with E-state index in [1.807, 2.05) is 31.2 Å². The summed E-state index contributed by atoms with van der Waals surface area (Å²) in [5.74, 6) is 1.22. The van der Waals surface area contributed by atoms with Crippen LogP contribution in [0, 0.1) is 5.82 Å². The molecule has 0 aliphatic carbocycles. The van der Waals surface area contributed by atoms with Crippen LogP contribution in [0.2, 0.25) is 0 Å². The molecule has 1 atom stereocenters. The predicted molar refractivity (Wildman–Crippen MR) is 99.9 cm³/mol. The van der Waals surface area contributed by atoms with Crippen LogP contribution in [0.3, 0.4) is 0 Å². The summed E-state index contributed by atoms with van der Waals surface area (Å²) in [5.41, 5.74) is 7.63. The maximum absolute atomic E-state index is 14.1. The second-order valence-corrected chi connectivity index (χ2v) is 6.07. The lowest BCUT2D eigenvalue weighted by Gasteiger charge is -2.18. The van der Waals surface area contributed by atoms with E-state index in [2.05, 4.69) is 6.92 Å². The smallest absolute Gasteiger partial charge is 0.161 e. The zero-order valence-electron chi connectivity index (χ0n) is 15.1. The Bertz CT molecular complexity index is 660. The first-order valence-electron chi connectivity index (χ1n) is 9.02. The normalized spacial score (nSPS) is 12.0. The third-order valence-electron chi connectivity index (χ3n) is 4.18. The van der Waals surface area contributed by atoms with Gasteiger partial charge in [0.15, 0.2) is 11.5 Å². The zero-order chi connectivity index (χ0) is 18.1. The molecule has 0 saturated heterocycles. The second kappa shape index (κ2) is 10.0. The third kappa shape index (κ3) is 5.46. The van der Waals surface area contributed by atoms with Crippen molar-refractivity contribution < 1.29 is 13.9 Å². The number of rotatable bonds is 10. The first kappa shape index (κ1) is 19.3. The SMILES string of the molecule is CCCCOc1ccc(CC(CN)c2ccccc2F)cc1OCC. The second-order valence-electron chi connectivity index (χ2n) is 6.07. The van der Waals surface area contributed by atoms with Gasteiger partial charge in [0.25, 0.3) is 0 Å². The zero-order valence-corrected chi connectivity index (χ0v) is 15.1. The minimum absolute atomic E-state index is 0.0671. The third-order valence-corrected chi connectivity index (χ3v) is 4.18. The summed E-state index contributed by atoms with van der Waals surface area (Å²) in [4.78, 5) is 0. The van der Waals surface area contributed by atoms with Crippen LogP contribution in [0.25, 0.3) is 0 Å². The van der Waals surface area contributed by atoms with Crippen LogP contribution in [0.5, 0.6) is 11.5 Å². The van der Waals surface area contributed by atoms with Crippen LogP contribution in [0.4, 0.5) is 4.39 Å². The Labute approximate surface area is 150 Å². The maximum Gasteiger partial charge on any atom is 0.161 e. The Hall–Kier alpha value is -2.07. The van der Waals surface area contributed by atoms with Gasteiger partial charge in [0.05, 0.1) is 13.2 Å². The van der Waals surface area contributed by atoms with Gasteiger partial charge in [-0.2, -0.15) is 0 Å². The highest BCUT2D eigenvalue weighted by Crippen LogP contribution is 2.31. The number of halogens is 1. The molecular weight excluding hydrogens is 317 g/mol. The number of benzene rings is 2. The maximum atomic E-state index is 14.1. The lowest BCUT2D eigenvalue weighted by Crippen LogP contribution is -2.16. The van der Waals surface area contributed by atoms with Crippen molar-refractivity contribution in [1.29, 1.82) is 0 Å². The first-order valence-corrected chi connectivity index (χ1v) is 9.02. The van der Waals surface area contributed by atoms with Crippen molar-refractivity contribution in [3.63, 3.8) is 0 Å². The number of hydrogen-bond acceptors (Lipinski definition) is 3. The molecule has 0 amide bonds. The average molecular weight is 345 g/mol. The molecule has 0 aliphatic heterocycles. The van der Waals surface area contributed by atoms with Gasteiger partial charge in [-0.05, 0) is 55.6 Å². The summed E-state index contributed by atoms with van der Waals surface area (Å²) >= 11 is 0. The number of hydrogen-bond donors (Lipinski definition) is 1. The molecule has 0 aromatic heterocycles. The van der Waals surface area contributed by atoms with E-state index in [1.165, 1.54) is 6.07 Å². The van der Waals surface area contributed by atoms with Crippen molar-refractivity contribution >= 4 is 0 Å². The summed E-state index contributed by atoms with van der Waals surface area (Å²) in [6, 6.07) is 12.7. The highest BCUT2D eigenvalue weighted by Gasteiger charge is 2.16. The molecule has 0 radical (unpaired) electrons. The summed E-state index contributed by atoms with van der Waals surface area (Å²) in [6.07, 6.45) is 2.76. The number of nitrogens with two attached hydrogens (primary N) is 1. The van der Waals surface area contributed by atoms with E-state index in [9.17, 15) is 4.39 Å². The molecule has 0 saturated carbocycles. The highest BCUT2D eigenvalue weighted by atomic mass is 19.1. The minimum atomic E-state index is -0.206. The fraction of sp³-hybridized carbons (Fsp3) is 0.429. The van der Waals surface area contributed by atoms with E-state index >= 15 is 0 Å². The number of unbranched alkanes of at least 4 members (excludes halogenated alkanes) is 1. The van der Waals surface area contributed by atoms with Gasteiger partial charge < -0.3 is 15.2 Å². The topological polar surface area (TPSA) is 44.5 Å². The van der Waals surface area contributed by atoms with Crippen molar-refractivity contribution in [2.75, 3.05) is 19.8 Å². The van der Waals surface area contributed by atoms with Gasteiger partial charge in [-0.15, -0.1) is 0 Å². The molecule has 4 heteroatoms. The van der Waals surface area contributed by atoms with Gasteiger partial charge in [-0.1, -0.05) is 37.6 Å². The Morgan fingerprint density at radius 1 is 1.04 bits per heavy atom. The van der Waals surface area contributed by atoms with Gasteiger partial charge in [0.1, 0.15) is 5.82 Å². The van der Waals surface area contributed by atoms with Crippen molar-refractivity contribution in [3.8, 4) is 11.5 Å². The fourth-order valence-corrected chi connectivity index (χ4v) is 2.80. The molecule has 0 aliphatic rings. The van der Waals surface area contributed by atoms with Crippen molar-refractivity contribution in [2.45, 2.75) is 39.0 Å². The van der Waals surface area contributed by atoms with E-state index in [-0.39, 0.29) is 11.7 Å². The monoisotopic (exact) mass is 345 g/mol. The van der Waals surface area contributed by atoms with E-state index in [0.29, 0.717) is 31.7 Å². The van der Waals surface area contributed by atoms with Crippen LogP contribution in [-0.2, 0) is 6.42 Å². The summed E-state index contributed by atoms with van der Waals surface area (Å²) in [7, 11) is 0. The standard InChI is InChI=1S/C21H28FNO2/c1-3-5-12-25-20-11-10-16(14-21(20)24-4-2)13-17(15-23)18-8-6-7-9-19(18)22/h6-11,14,17H,3-5,12-13,15,23H2,1-2H3. The van der Waals surface area contributed by atoms with Gasteiger partial charge in [0, 0.05) is 5.92 Å². The van der Waals surface area contributed by atoms with Crippen LogP contribution >= 0.6 is 0 Å².